The summed E-state index contributed by atoms with van der Waals surface area (Å²) in [5, 5.41) is 7.06. The molecule has 0 aliphatic rings. The minimum atomic E-state index is -0.532. The molecule has 5 nitrogen and oxygen atoms in total. The van der Waals surface area contributed by atoms with Gasteiger partial charge in [-0.25, -0.2) is 9.48 Å². The van der Waals surface area contributed by atoms with Gasteiger partial charge < -0.3 is 4.74 Å². The molecule has 0 saturated heterocycles. The Kier molecular flexibility index (Phi) is 4.96. The third-order valence-electron chi connectivity index (χ3n) is 3.41. The topological polar surface area (TPSA) is 56.1 Å². The van der Waals surface area contributed by atoms with E-state index < -0.39 is 6.09 Å². The Hall–Kier alpha value is -2.60. The molecule has 122 valence electrons. The van der Waals surface area contributed by atoms with Gasteiger partial charge in [0.05, 0.1) is 5.69 Å². The molecule has 1 N–H and O–H groups in total. The first kappa shape index (κ1) is 16.3. The van der Waals surface area contributed by atoms with Crippen LogP contribution in [0.5, 0.6) is 0 Å². The number of hydrogen-bond donors (Lipinski definition) is 1. The molecule has 0 atom stereocenters. The number of ether oxygens (including phenoxy) is 1. The molecule has 0 radical (unpaired) electrons. The lowest BCUT2D eigenvalue weighted by atomic mass is 10.2. The van der Waals surface area contributed by atoms with Gasteiger partial charge in [-0.1, -0.05) is 42.5 Å². The van der Waals surface area contributed by atoms with E-state index in [4.69, 9.17) is 4.74 Å². The van der Waals surface area contributed by atoms with Crippen LogP contribution in [0.15, 0.2) is 65.1 Å². The average Bonchev–Trinajstić information content (AvgIpc) is 2.94. The van der Waals surface area contributed by atoms with Crippen LogP contribution in [0.25, 0.3) is 5.69 Å². The van der Waals surface area contributed by atoms with Crippen LogP contribution in [0, 0.1) is 6.92 Å². The number of para-hydroxylation sites is 1. The van der Waals surface area contributed by atoms with Crippen molar-refractivity contribution in [2.75, 3.05) is 5.32 Å². The summed E-state index contributed by atoms with van der Waals surface area (Å²) in [7, 11) is 0. The summed E-state index contributed by atoms with van der Waals surface area (Å²) in [5.74, 6) is 0.446. The fourth-order valence-electron chi connectivity index (χ4n) is 2.27. The molecule has 1 heterocycles. The Morgan fingerprint density at radius 2 is 1.88 bits per heavy atom. The molecule has 6 heteroatoms. The van der Waals surface area contributed by atoms with Crippen LogP contribution >= 0.6 is 15.9 Å². The predicted octanol–water partition coefficient (Wildman–Crippen LogP) is 4.69. The van der Waals surface area contributed by atoms with Crippen molar-refractivity contribution in [3.8, 4) is 5.69 Å². The van der Waals surface area contributed by atoms with E-state index >= 15 is 0 Å². The number of benzene rings is 2. The normalized spacial score (nSPS) is 10.4. The molecule has 3 rings (SSSR count). The van der Waals surface area contributed by atoms with Gasteiger partial charge in [0.15, 0.2) is 5.82 Å². The summed E-state index contributed by atoms with van der Waals surface area (Å²) in [4.78, 5) is 11.9. The molecule has 0 saturated carbocycles. The third kappa shape index (κ3) is 3.83. The summed E-state index contributed by atoms with van der Waals surface area (Å²) in [6.45, 7) is 2.14. The Morgan fingerprint density at radius 1 is 1.17 bits per heavy atom. The number of amides is 1. The number of rotatable bonds is 4. The summed E-state index contributed by atoms with van der Waals surface area (Å²) < 4.78 is 7.89. The quantitative estimate of drug-likeness (QED) is 0.708. The number of carbonyl (C=O) groups excluding carboxylic acids is 1. The molecule has 1 amide bonds. The summed E-state index contributed by atoms with van der Waals surface area (Å²) in [6.07, 6.45) is -0.532. The van der Waals surface area contributed by atoms with E-state index in [0.29, 0.717) is 5.82 Å². The highest BCUT2D eigenvalue weighted by Gasteiger charge is 2.11. The van der Waals surface area contributed by atoms with E-state index in [-0.39, 0.29) is 6.61 Å². The van der Waals surface area contributed by atoms with Crippen LogP contribution in [-0.2, 0) is 11.3 Å². The van der Waals surface area contributed by atoms with Gasteiger partial charge in [-0.05, 0) is 40.5 Å². The molecule has 24 heavy (non-hydrogen) atoms. The first-order valence-corrected chi connectivity index (χ1v) is 8.22. The molecule has 0 spiro atoms. The van der Waals surface area contributed by atoms with Gasteiger partial charge in [-0.15, -0.1) is 5.10 Å². The van der Waals surface area contributed by atoms with Gasteiger partial charge in [0.2, 0.25) is 0 Å². The number of aryl methyl sites for hydroxylation is 1. The Morgan fingerprint density at radius 3 is 2.62 bits per heavy atom. The Bertz CT molecular complexity index is 846. The van der Waals surface area contributed by atoms with Crippen molar-refractivity contribution in [3.05, 3.63) is 76.4 Å². The van der Waals surface area contributed by atoms with E-state index in [2.05, 4.69) is 26.3 Å². The number of nitrogens with one attached hydrogen (secondary N) is 1. The number of hydrogen-bond acceptors (Lipinski definition) is 3. The molecule has 0 aliphatic heterocycles. The van der Waals surface area contributed by atoms with Crippen LogP contribution in [0.4, 0.5) is 10.6 Å². The summed E-state index contributed by atoms with van der Waals surface area (Å²) >= 11 is 3.51. The fourth-order valence-corrected chi connectivity index (χ4v) is 2.72. The largest absolute Gasteiger partial charge is 0.444 e. The second-order valence-corrected chi connectivity index (χ2v) is 6.08. The minimum absolute atomic E-state index is 0.219. The Balaban J connectivity index is 1.67. The van der Waals surface area contributed by atoms with Crippen LogP contribution in [0.1, 0.15) is 11.3 Å². The predicted molar refractivity (Wildman–Crippen MR) is 96.3 cm³/mol. The number of halogens is 1. The van der Waals surface area contributed by atoms with Crippen LogP contribution in [0.2, 0.25) is 0 Å². The molecule has 3 aromatic rings. The van der Waals surface area contributed by atoms with E-state index in [1.807, 2.05) is 61.5 Å². The van der Waals surface area contributed by atoms with Gasteiger partial charge in [0, 0.05) is 16.2 Å². The lowest BCUT2D eigenvalue weighted by molar-refractivity contribution is 0.155. The van der Waals surface area contributed by atoms with Crippen molar-refractivity contribution in [1.29, 1.82) is 0 Å². The van der Waals surface area contributed by atoms with E-state index in [0.717, 1.165) is 21.4 Å². The number of anilines is 1. The van der Waals surface area contributed by atoms with Crippen molar-refractivity contribution >= 4 is 27.8 Å². The highest BCUT2D eigenvalue weighted by Crippen LogP contribution is 2.23. The van der Waals surface area contributed by atoms with E-state index in [9.17, 15) is 4.79 Å². The second-order valence-electron chi connectivity index (χ2n) is 5.22. The van der Waals surface area contributed by atoms with E-state index in [1.54, 1.807) is 10.7 Å². The second kappa shape index (κ2) is 7.31. The molecular weight excluding hydrogens is 370 g/mol. The molecular formula is C18H16BrN3O2. The number of aromatic nitrogens is 2. The Labute approximate surface area is 148 Å². The molecule has 0 fully saturated rings. The molecule has 0 aliphatic carbocycles. The monoisotopic (exact) mass is 385 g/mol. The van der Waals surface area contributed by atoms with Gasteiger partial charge in [0.25, 0.3) is 0 Å². The lowest BCUT2D eigenvalue weighted by Gasteiger charge is -2.06. The zero-order valence-corrected chi connectivity index (χ0v) is 14.7. The van der Waals surface area contributed by atoms with Crippen molar-refractivity contribution in [1.82, 2.24) is 9.78 Å². The molecule has 1 aromatic heterocycles. The standard InChI is InChI=1S/C18H16BrN3O2/c1-13-11-17(21-22(13)16-10-6-5-9-15(16)19)20-18(23)24-12-14-7-3-2-4-8-14/h2-11H,12H2,1H3,(H,20,21,23). The SMILES string of the molecule is Cc1cc(NC(=O)OCc2ccccc2)nn1-c1ccccc1Br. The van der Waals surface area contributed by atoms with Crippen molar-refractivity contribution in [3.63, 3.8) is 0 Å². The number of nitrogens with zero attached hydrogens (tertiary/aromatic N) is 2. The highest BCUT2D eigenvalue weighted by atomic mass is 79.9. The van der Waals surface area contributed by atoms with Gasteiger partial charge >= 0.3 is 6.09 Å². The first-order chi connectivity index (χ1) is 11.6. The van der Waals surface area contributed by atoms with Gasteiger partial charge in [0.1, 0.15) is 6.61 Å². The zero-order valence-electron chi connectivity index (χ0n) is 13.1. The third-order valence-corrected chi connectivity index (χ3v) is 4.08. The van der Waals surface area contributed by atoms with Crippen LogP contribution in [0.3, 0.4) is 0 Å². The van der Waals surface area contributed by atoms with Crippen molar-refractivity contribution in [2.45, 2.75) is 13.5 Å². The molecule has 0 unspecified atom stereocenters. The number of carbonyl (C=O) groups is 1. The molecule has 2 aromatic carbocycles. The van der Waals surface area contributed by atoms with E-state index in [1.165, 1.54) is 0 Å². The highest BCUT2D eigenvalue weighted by molar-refractivity contribution is 9.10. The van der Waals surface area contributed by atoms with Gasteiger partial charge in [-0.2, -0.15) is 0 Å². The lowest BCUT2D eigenvalue weighted by Crippen LogP contribution is -2.14. The first-order valence-electron chi connectivity index (χ1n) is 7.43. The fraction of sp³-hybridized carbons (Fsp3) is 0.111. The van der Waals surface area contributed by atoms with Crippen molar-refractivity contribution < 1.29 is 9.53 Å². The zero-order chi connectivity index (χ0) is 16.9. The minimum Gasteiger partial charge on any atom is -0.444 e. The smallest absolute Gasteiger partial charge is 0.413 e. The van der Waals surface area contributed by atoms with Crippen molar-refractivity contribution in [2.24, 2.45) is 0 Å². The maximum Gasteiger partial charge on any atom is 0.413 e. The summed E-state index contributed by atoms with van der Waals surface area (Å²) in [5.41, 5.74) is 2.74. The summed E-state index contributed by atoms with van der Waals surface area (Å²) in [6, 6.07) is 19.1. The maximum absolute atomic E-state index is 11.9. The van der Waals surface area contributed by atoms with Crippen LogP contribution < -0.4 is 5.32 Å². The van der Waals surface area contributed by atoms with Gasteiger partial charge in [-0.3, -0.25) is 5.32 Å². The maximum atomic E-state index is 11.9. The average molecular weight is 386 g/mol. The molecule has 0 bridgehead atoms. The van der Waals surface area contributed by atoms with Crippen LogP contribution in [-0.4, -0.2) is 15.9 Å².